The zero-order valence-electron chi connectivity index (χ0n) is 18.5. The van der Waals surface area contributed by atoms with Crippen molar-refractivity contribution >= 4 is 39.4 Å². The highest BCUT2D eigenvalue weighted by Gasteiger charge is 2.15. The van der Waals surface area contributed by atoms with E-state index in [0.29, 0.717) is 28.7 Å². The van der Waals surface area contributed by atoms with Crippen molar-refractivity contribution in [1.82, 2.24) is 14.5 Å². The van der Waals surface area contributed by atoms with Crippen molar-refractivity contribution in [3.63, 3.8) is 0 Å². The molecule has 12 heteroatoms. The molecule has 0 spiro atoms. The molecule has 182 valence electrons. The molecule has 0 aliphatic rings. The average Bonchev–Trinajstić information content (AvgIpc) is 3.40. The quantitative estimate of drug-likeness (QED) is 0.248. The van der Waals surface area contributed by atoms with Crippen molar-refractivity contribution in [2.45, 2.75) is 19.4 Å². The number of rotatable bonds is 7. The number of non-ortho nitro benzene ring substituents is 1. The van der Waals surface area contributed by atoms with Crippen LogP contribution >= 0.6 is 0 Å². The maximum Gasteiger partial charge on any atom is 0.419 e. The molecule has 2 N–H and O–H groups in total. The van der Waals surface area contributed by atoms with Gasteiger partial charge in [0.05, 0.1) is 33.1 Å². The molecule has 0 aliphatic heterocycles. The number of carbonyl (C=O) groups is 1. The normalized spacial score (nSPS) is 11.3. The molecule has 0 atom stereocenters. The number of aryl methyl sites for hydroxylation is 1. The summed E-state index contributed by atoms with van der Waals surface area (Å²) in [5, 5.41) is 13.6. The molecule has 0 unspecified atom stereocenters. The fourth-order valence-corrected chi connectivity index (χ4v) is 3.90. The van der Waals surface area contributed by atoms with Crippen molar-refractivity contribution < 1.29 is 22.9 Å². The first-order chi connectivity index (χ1) is 17.3. The van der Waals surface area contributed by atoms with Crippen LogP contribution in [0.15, 0.2) is 63.8 Å². The van der Waals surface area contributed by atoms with Crippen LogP contribution < -0.4 is 11.1 Å². The maximum atomic E-state index is 14.1. The van der Waals surface area contributed by atoms with Crippen molar-refractivity contribution in [2.75, 3.05) is 5.32 Å². The summed E-state index contributed by atoms with van der Waals surface area (Å²) < 4.78 is 34.0. The van der Waals surface area contributed by atoms with Crippen LogP contribution in [0.25, 0.3) is 33.5 Å². The lowest BCUT2D eigenvalue weighted by Crippen LogP contribution is -2.17. The topological polar surface area (TPSA) is 136 Å². The van der Waals surface area contributed by atoms with Gasteiger partial charge in [-0.05, 0) is 48.9 Å². The third-order valence-electron chi connectivity index (χ3n) is 5.60. The first-order valence-electron chi connectivity index (χ1n) is 10.8. The number of hydrogen-bond donors (Lipinski definition) is 2. The summed E-state index contributed by atoms with van der Waals surface area (Å²) in [5.74, 6) is -2.02. The fraction of sp³-hybridized carbons (Fsp3) is 0.125. The predicted octanol–water partition coefficient (Wildman–Crippen LogP) is 4.74. The summed E-state index contributed by atoms with van der Waals surface area (Å²) in [6, 6.07) is 11.9. The number of nitro groups is 1. The molecule has 5 rings (SSSR count). The lowest BCUT2D eigenvalue weighted by Gasteiger charge is -2.06. The Labute approximate surface area is 200 Å². The van der Waals surface area contributed by atoms with E-state index in [2.05, 4.69) is 15.3 Å². The molecule has 1 amide bonds. The molecule has 0 saturated carbocycles. The molecule has 0 saturated heterocycles. The molecule has 3 aromatic carbocycles. The molecule has 5 aromatic rings. The monoisotopic (exact) mass is 493 g/mol. The summed E-state index contributed by atoms with van der Waals surface area (Å²) in [4.78, 5) is 42.1. The number of fused-ring (bicyclic) bond motifs is 2. The maximum absolute atomic E-state index is 14.1. The number of oxazole rings is 1. The Morgan fingerprint density at radius 3 is 2.78 bits per heavy atom. The minimum atomic E-state index is -0.666. The first-order valence-corrected chi connectivity index (χ1v) is 10.8. The van der Waals surface area contributed by atoms with E-state index in [9.17, 15) is 28.5 Å². The number of imidazole rings is 1. The van der Waals surface area contributed by atoms with E-state index in [1.807, 2.05) is 0 Å². The first kappa shape index (κ1) is 22.9. The van der Waals surface area contributed by atoms with Crippen LogP contribution in [0.2, 0.25) is 0 Å². The van der Waals surface area contributed by atoms with Gasteiger partial charge in [0.1, 0.15) is 17.5 Å². The van der Waals surface area contributed by atoms with Gasteiger partial charge in [-0.2, -0.15) is 0 Å². The van der Waals surface area contributed by atoms with Crippen LogP contribution in [-0.4, -0.2) is 25.4 Å². The molecular formula is C24H17F2N5O5. The molecule has 10 nitrogen and oxygen atoms in total. The third kappa shape index (κ3) is 4.43. The second-order valence-corrected chi connectivity index (χ2v) is 8.02. The number of aromatic nitrogens is 3. The van der Waals surface area contributed by atoms with Gasteiger partial charge in [0.25, 0.3) is 5.69 Å². The van der Waals surface area contributed by atoms with E-state index in [1.54, 1.807) is 18.2 Å². The predicted molar refractivity (Wildman–Crippen MR) is 126 cm³/mol. The van der Waals surface area contributed by atoms with Gasteiger partial charge in [-0.15, -0.1) is 0 Å². The SMILES string of the molecule is O=C(CCCn1c(=O)oc2cc([N+](=O)[O-])ccc21)Nc1ccc2nc(-c3cc(F)ccc3F)[nH]c2c1. The Morgan fingerprint density at radius 2 is 1.97 bits per heavy atom. The largest absolute Gasteiger partial charge is 0.419 e. The molecule has 0 fully saturated rings. The molecular weight excluding hydrogens is 476 g/mol. The summed E-state index contributed by atoms with van der Waals surface area (Å²) in [6.45, 7) is 0.180. The minimum Gasteiger partial charge on any atom is -0.407 e. The fourth-order valence-electron chi connectivity index (χ4n) is 3.90. The number of benzene rings is 3. The highest BCUT2D eigenvalue weighted by atomic mass is 19.1. The van der Waals surface area contributed by atoms with Gasteiger partial charge < -0.3 is 14.7 Å². The number of H-pyrrole nitrogens is 1. The number of aromatic amines is 1. The number of nitro benzene ring substituents is 1. The Kier molecular flexibility index (Phi) is 5.76. The summed E-state index contributed by atoms with van der Waals surface area (Å²) in [6.07, 6.45) is 0.402. The number of hydrogen-bond acceptors (Lipinski definition) is 6. The molecule has 2 heterocycles. The van der Waals surface area contributed by atoms with Gasteiger partial charge in [0.15, 0.2) is 5.58 Å². The molecule has 0 radical (unpaired) electrons. The van der Waals surface area contributed by atoms with E-state index < -0.39 is 22.3 Å². The number of carbonyl (C=O) groups excluding carboxylic acids is 1. The molecule has 2 aromatic heterocycles. The van der Waals surface area contributed by atoms with Gasteiger partial charge in [-0.25, -0.2) is 18.6 Å². The van der Waals surface area contributed by atoms with Crippen molar-refractivity contribution in [3.05, 3.63) is 86.9 Å². The molecule has 36 heavy (non-hydrogen) atoms. The zero-order valence-corrected chi connectivity index (χ0v) is 18.5. The standard InChI is InChI=1S/C24H17F2N5O5/c25-13-3-6-17(26)16(10-13)23-28-18-7-4-14(11-19(18)29-23)27-22(32)2-1-9-30-20-8-5-15(31(34)35)12-21(20)36-24(30)33/h3-8,10-12H,1-2,9H2,(H,27,32)(H,28,29). The minimum absolute atomic E-state index is 0.00611. The van der Waals surface area contributed by atoms with E-state index in [1.165, 1.54) is 22.8 Å². The van der Waals surface area contributed by atoms with E-state index >= 15 is 0 Å². The van der Waals surface area contributed by atoms with Gasteiger partial charge in [-0.3, -0.25) is 19.5 Å². The van der Waals surface area contributed by atoms with Crippen molar-refractivity contribution in [2.24, 2.45) is 0 Å². The van der Waals surface area contributed by atoms with Crippen LogP contribution in [-0.2, 0) is 11.3 Å². The van der Waals surface area contributed by atoms with Gasteiger partial charge in [0.2, 0.25) is 5.91 Å². The number of halogens is 2. The Bertz CT molecular complexity index is 1700. The average molecular weight is 493 g/mol. The van der Waals surface area contributed by atoms with Crippen molar-refractivity contribution in [1.29, 1.82) is 0 Å². The highest BCUT2D eigenvalue weighted by molar-refractivity contribution is 5.93. The molecule has 0 bridgehead atoms. The Balaban J connectivity index is 1.25. The van der Waals surface area contributed by atoms with Gasteiger partial charge in [0, 0.05) is 24.7 Å². The highest BCUT2D eigenvalue weighted by Crippen LogP contribution is 2.26. The smallest absolute Gasteiger partial charge is 0.407 e. The zero-order chi connectivity index (χ0) is 25.4. The summed E-state index contributed by atoms with van der Waals surface area (Å²) in [7, 11) is 0. The second-order valence-electron chi connectivity index (χ2n) is 8.02. The number of anilines is 1. The summed E-state index contributed by atoms with van der Waals surface area (Å²) in [5.41, 5.74) is 1.82. The second kappa shape index (κ2) is 9.06. The summed E-state index contributed by atoms with van der Waals surface area (Å²) >= 11 is 0. The number of amides is 1. The Morgan fingerprint density at radius 1 is 1.14 bits per heavy atom. The van der Waals surface area contributed by atoms with E-state index in [0.717, 1.165) is 18.2 Å². The number of nitrogens with one attached hydrogen (secondary N) is 2. The van der Waals surface area contributed by atoms with Crippen LogP contribution in [0.1, 0.15) is 12.8 Å². The lowest BCUT2D eigenvalue weighted by molar-refractivity contribution is -0.384. The van der Waals surface area contributed by atoms with Gasteiger partial charge in [-0.1, -0.05) is 0 Å². The van der Waals surface area contributed by atoms with E-state index in [-0.39, 0.29) is 41.5 Å². The lowest BCUT2D eigenvalue weighted by atomic mass is 10.2. The molecule has 0 aliphatic carbocycles. The van der Waals surface area contributed by atoms with Crippen LogP contribution in [0.4, 0.5) is 20.2 Å². The van der Waals surface area contributed by atoms with Crippen LogP contribution in [0.3, 0.4) is 0 Å². The van der Waals surface area contributed by atoms with Crippen LogP contribution in [0, 0.1) is 21.7 Å². The number of nitrogens with zero attached hydrogens (tertiary/aromatic N) is 3. The Hall–Kier alpha value is -4.87. The van der Waals surface area contributed by atoms with Gasteiger partial charge >= 0.3 is 5.76 Å². The van der Waals surface area contributed by atoms with E-state index in [4.69, 9.17) is 4.42 Å². The van der Waals surface area contributed by atoms with Crippen LogP contribution in [0.5, 0.6) is 0 Å². The third-order valence-corrected chi connectivity index (χ3v) is 5.60. The van der Waals surface area contributed by atoms with Crippen molar-refractivity contribution in [3.8, 4) is 11.4 Å².